The van der Waals surface area contributed by atoms with Gasteiger partial charge >= 0.3 is 185 Å². The average Bonchev–Trinajstić information content (AvgIpc) is 3.14. The van der Waals surface area contributed by atoms with Crippen molar-refractivity contribution < 1.29 is 13.5 Å². The van der Waals surface area contributed by atoms with E-state index in [0.29, 0.717) is 15.9 Å². The van der Waals surface area contributed by atoms with Gasteiger partial charge in [-0.2, -0.15) is 0 Å². The van der Waals surface area contributed by atoms with E-state index in [9.17, 15) is 8.78 Å². The number of pyridine rings is 1. The summed E-state index contributed by atoms with van der Waals surface area (Å²) in [4.78, 5) is 2.43. The molecule has 3 aromatic rings. The van der Waals surface area contributed by atoms with Crippen LogP contribution in [-0.2, 0) is 4.74 Å². The van der Waals surface area contributed by atoms with Crippen molar-refractivity contribution in [2.75, 3.05) is 31.2 Å². The number of halogens is 2. The minimum atomic E-state index is -2.54. The van der Waals surface area contributed by atoms with Crippen molar-refractivity contribution in [3.63, 3.8) is 0 Å². The SMILES string of the molecule is Cc1cc(N2CCC3(CCOC3)CC2)n2nc(C3CC3)c(-c3nnc(C(F)F)[se]3)c2c1. The van der Waals surface area contributed by atoms with E-state index >= 15 is 0 Å². The Morgan fingerprint density at radius 1 is 1.16 bits per heavy atom. The molecular weight excluding hydrogens is 467 g/mol. The molecule has 2 aliphatic heterocycles. The van der Waals surface area contributed by atoms with Gasteiger partial charge < -0.3 is 0 Å². The molecule has 164 valence electrons. The molecule has 1 saturated carbocycles. The van der Waals surface area contributed by atoms with Crippen LogP contribution in [0.2, 0.25) is 0 Å². The normalized spacial score (nSPS) is 21.1. The number of fused-ring (bicyclic) bond motifs is 1. The third kappa shape index (κ3) is 3.41. The van der Waals surface area contributed by atoms with Crippen molar-refractivity contribution >= 4 is 25.8 Å². The van der Waals surface area contributed by atoms with E-state index in [2.05, 4.69) is 34.2 Å². The second-order valence-corrected chi connectivity index (χ2v) is 11.4. The van der Waals surface area contributed by atoms with Crippen molar-refractivity contribution in [3.05, 3.63) is 28.0 Å². The Morgan fingerprint density at radius 3 is 2.61 bits per heavy atom. The Kier molecular flexibility index (Phi) is 4.70. The zero-order valence-electron chi connectivity index (χ0n) is 17.5. The number of piperidine rings is 1. The molecule has 0 atom stereocenters. The van der Waals surface area contributed by atoms with Gasteiger partial charge in [-0.1, -0.05) is 0 Å². The molecule has 6 nitrogen and oxygen atoms in total. The number of rotatable bonds is 4. The molecule has 6 rings (SSSR count). The molecule has 2 saturated heterocycles. The molecule has 5 heterocycles. The van der Waals surface area contributed by atoms with Crippen molar-refractivity contribution in [2.24, 2.45) is 5.41 Å². The molecule has 1 aliphatic carbocycles. The molecule has 0 amide bonds. The Hall–Kier alpha value is -1.83. The topological polar surface area (TPSA) is 55.6 Å². The van der Waals surface area contributed by atoms with Crippen LogP contribution in [0.15, 0.2) is 12.1 Å². The molecule has 0 radical (unpaired) electrons. The summed E-state index contributed by atoms with van der Waals surface area (Å²) >= 11 is -0.550. The second kappa shape index (κ2) is 7.36. The molecule has 31 heavy (non-hydrogen) atoms. The maximum absolute atomic E-state index is 13.2. The molecule has 9 heteroatoms. The van der Waals surface area contributed by atoms with Gasteiger partial charge in [-0.25, -0.2) is 0 Å². The molecule has 0 unspecified atom stereocenters. The van der Waals surface area contributed by atoms with E-state index in [1.165, 1.54) is 0 Å². The number of nitrogens with zero attached hydrogens (tertiary/aromatic N) is 5. The standard InChI is InChI=1S/C22H25F2N5OSe/c1-13-10-15-17(20-25-26-21(31-20)19(23)24)18(14-2-3-14)27-29(15)16(11-13)28-7-4-22(5-8-28)6-9-30-12-22/h10-11,14,19H,2-9,12H2,1H3. The van der Waals surface area contributed by atoms with Gasteiger partial charge in [0.15, 0.2) is 0 Å². The van der Waals surface area contributed by atoms with Crippen LogP contribution in [-0.4, -0.2) is 60.6 Å². The second-order valence-electron chi connectivity index (χ2n) is 9.26. The average molecular weight is 492 g/mol. The predicted octanol–water partition coefficient (Wildman–Crippen LogP) is 3.98. The van der Waals surface area contributed by atoms with E-state index in [4.69, 9.17) is 9.84 Å². The van der Waals surface area contributed by atoms with E-state index < -0.39 is 20.9 Å². The Morgan fingerprint density at radius 2 is 1.97 bits per heavy atom. The van der Waals surface area contributed by atoms with E-state index in [1.54, 1.807) is 0 Å². The number of aromatic nitrogens is 4. The summed E-state index contributed by atoms with van der Waals surface area (Å²) in [6, 6.07) is 4.32. The first-order valence-electron chi connectivity index (χ1n) is 11.0. The van der Waals surface area contributed by atoms with Gasteiger partial charge in [-0.3, -0.25) is 0 Å². The number of anilines is 1. The van der Waals surface area contributed by atoms with Gasteiger partial charge in [0.1, 0.15) is 0 Å². The van der Waals surface area contributed by atoms with Gasteiger partial charge in [0.25, 0.3) is 0 Å². The van der Waals surface area contributed by atoms with Gasteiger partial charge in [0.05, 0.1) is 0 Å². The van der Waals surface area contributed by atoms with Crippen LogP contribution in [0, 0.1) is 12.3 Å². The summed E-state index contributed by atoms with van der Waals surface area (Å²) in [6.45, 7) is 5.83. The number of aryl methyl sites for hydroxylation is 1. The fourth-order valence-electron chi connectivity index (χ4n) is 5.04. The summed E-state index contributed by atoms with van der Waals surface area (Å²) in [5, 5.41) is 13.0. The Labute approximate surface area is 185 Å². The van der Waals surface area contributed by atoms with E-state index in [-0.39, 0.29) is 4.57 Å². The van der Waals surface area contributed by atoms with E-state index in [1.807, 2.05) is 4.52 Å². The van der Waals surface area contributed by atoms with Gasteiger partial charge in [-0.15, -0.1) is 0 Å². The number of alkyl halides is 2. The fraction of sp³-hybridized carbons (Fsp3) is 0.591. The van der Waals surface area contributed by atoms with Crippen LogP contribution in [0.1, 0.15) is 60.3 Å². The molecule has 0 bridgehead atoms. The number of hydrogen-bond acceptors (Lipinski definition) is 5. The van der Waals surface area contributed by atoms with Crippen molar-refractivity contribution in [3.8, 4) is 10.1 Å². The molecular formula is C22H25F2N5OSe. The van der Waals surface area contributed by atoms with Crippen molar-refractivity contribution in [1.29, 1.82) is 0 Å². The zero-order valence-corrected chi connectivity index (χ0v) is 19.2. The fourth-order valence-corrected chi connectivity index (χ4v) is 6.64. The first-order chi connectivity index (χ1) is 15.0. The molecule has 0 N–H and O–H groups in total. The predicted molar refractivity (Wildman–Crippen MR) is 114 cm³/mol. The number of ether oxygens (including phenoxy) is 1. The Balaban J connectivity index is 1.43. The number of hydrogen-bond donors (Lipinski definition) is 0. The minimum absolute atomic E-state index is 0.0865. The van der Waals surface area contributed by atoms with Crippen LogP contribution in [0.25, 0.3) is 15.6 Å². The van der Waals surface area contributed by atoms with Crippen LogP contribution >= 0.6 is 0 Å². The van der Waals surface area contributed by atoms with Gasteiger partial charge in [0, 0.05) is 0 Å². The monoisotopic (exact) mass is 493 g/mol. The summed E-state index contributed by atoms with van der Waals surface area (Å²) in [7, 11) is 0. The van der Waals surface area contributed by atoms with Crippen LogP contribution < -0.4 is 4.90 Å². The van der Waals surface area contributed by atoms with Gasteiger partial charge in [0.2, 0.25) is 0 Å². The first-order valence-corrected chi connectivity index (χ1v) is 12.7. The Bertz CT molecular complexity index is 1120. The molecule has 3 aliphatic rings. The third-order valence-corrected chi connectivity index (χ3v) is 9.01. The van der Waals surface area contributed by atoms with E-state index in [0.717, 1.165) is 86.6 Å². The molecule has 3 fully saturated rings. The van der Waals surface area contributed by atoms with Crippen molar-refractivity contribution in [2.45, 2.75) is 51.4 Å². The quantitative estimate of drug-likeness (QED) is 0.516. The third-order valence-electron chi connectivity index (χ3n) is 7.02. The molecule has 1 spiro atoms. The zero-order chi connectivity index (χ0) is 21.2. The van der Waals surface area contributed by atoms with Crippen LogP contribution in [0.3, 0.4) is 0 Å². The van der Waals surface area contributed by atoms with Gasteiger partial charge in [-0.05, 0) is 0 Å². The summed E-state index contributed by atoms with van der Waals surface area (Å²) < 4.78 is 34.8. The molecule has 3 aromatic heterocycles. The van der Waals surface area contributed by atoms with Crippen molar-refractivity contribution in [1.82, 2.24) is 19.8 Å². The summed E-state index contributed by atoms with van der Waals surface area (Å²) in [5.41, 5.74) is 4.43. The molecule has 0 aromatic carbocycles. The van der Waals surface area contributed by atoms with Crippen LogP contribution in [0.4, 0.5) is 14.6 Å². The summed E-state index contributed by atoms with van der Waals surface area (Å²) in [5.74, 6) is 1.50. The summed E-state index contributed by atoms with van der Waals surface area (Å²) in [6.07, 6.45) is 3.09. The van der Waals surface area contributed by atoms with Crippen LogP contribution in [0.5, 0.6) is 0 Å². The first kappa shape index (κ1) is 19.8. The maximum atomic E-state index is 13.2.